The van der Waals surface area contributed by atoms with Gasteiger partial charge in [-0.15, -0.1) is 0 Å². The predicted molar refractivity (Wildman–Crippen MR) is 58.3 cm³/mol. The highest BCUT2D eigenvalue weighted by Crippen LogP contribution is 2.39. The normalized spacial score (nSPS) is 19.0. The Hall–Kier alpha value is -1.07. The molecule has 0 radical (unpaired) electrons. The predicted octanol–water partition coefficient (Wildman–Crippen LogP) is 1.74. The van der Waals surface area contributed by atoms with Crippen molar-refractivity contribution in [1.82, 2.24) is 4.98 Å². The Kier molecular flexibility index (Phi) is 1.81. The lowest BCUT2D eigenvalue weighted by atomic mass is 9.97. The molecule has 1 aliphatic rings. The van der Waals surface area contributed by atoms with E-state index >= 15 is 0 Å². The highest BCUT2D eigenvalue weighted by atomic mass is 79.9. The maximum atomic E-state index is 11.0. The zero-order valence-corrected chi connectivity index (χ0v) is 9.33. The van der Waals surface area contributed by atoms with Crippen molar-refractivity contribution in [3.63, 3.8) is 0 Å². The number of fused-ring (bicyclic) bond motifs is 1. The summed E-state index contributed by atoms with van der Waals surface area (Å²) < 4.78 is 10.00. The van der Waals surface area contributed by atoms with Crippen molar-refractivity contribution in [2.45, 2.75) is 4.32 Å². The number of alkyl halides is 1. The third-order valence-electron chi connectivity index (χ3n) is 2.60. The van der Waals surface area contributed by atoms with Crippen LogP contribution in [0.3, 0.4) is 0 Å². The van der Waals surface area contributed by atoms with Crippen molar-refractivity contribution < 1.29 is 9.15 Å². The van der Waals surface area contributed by atoms with Gasteiger partial charge in [-0.2, -0.15) is 0 Å². The molecule has 1 fully saturated rings. The van der Waals surface area contributed by atoms with E-state index in [0.29, 0.717) is 18.8 Å². The number of oxazole rings is 1. The zero-order chi connectivity index (χ0) is 10.5. The van der Waals surface area contributed by atoms with Crippen LogP contribution in [0.15, 0.2) is 27.4 Å². The zero-order valence-electron chi connectivity index (χ0n) is 7.75. The first-order chi connectivity index (χ1) is 7.17. The van der Waals surface area contributed by atoms with E-state index < -0.39 is 5.76 Å². The molecule has 1 N–H and O–H groups in total. The van der Waals surface area contributed by atoms with Crippen LogP contribution in [0.2, 0.25) is 0 Å². The molecule has 0 atom stereocenters. The summed E-state index contributed by atoms with van der Waals surface area (Å²) in [7, 11) is 0. The van der Waals surface area contributed by atoms with Gasteiger partial charge in [-0.3, -0.25) is 4.98 Å². The second-order valence-corrected chi connectivity index (χ2v) is 5.20. The van der Waals surface area contributed by atoms with E-state index in [0.717, 1.165) is 11.1 Å². The Labute approximate surface area is 93.4 Å². The van der Waals surface area contributed by atoms with E-state index in [1.807, 2.05) is 12.1 Å². The molecule has 1 saturated heterocycles. The fourth-order valence-corrected chi connectivity index (χ4v) is 2.25. The average Bonchev–Trinajstić information content (AvgIpc) is 2.53. The molecule has 0 bridgehead atoms. The number of rotatable bonds is 1. The number of ether oxygens (including phenoxy) is 1. The highest BCUT2D eigenvalue weighted by molar-refractivity contribution is 9.09. The van der Waals surface area contributed by atoms with E-state index in [1.165, 1.54) is 0 Å². The lowest BCUT2D eigenvalue weighted by Crippen LogP contribution is -2.40. The smallest absolute Gasteiger partial charge is 0.408 e. The number of halogens is 1. The molecule has 2 heterocycles. The van der Waals surface area contributed by atoms with Crippen molar-refractivity contribution in [2.24, 2.45) is 0 Å². The van der Waals surface area contributed by atoms with Gasteiger partial charge in [-0.1, -0.05) is 22.0 Å². The van der Waals surface area contributed by atoms with Crippen LogP contribution < -0.4 is 5.76 Å². The number of aromatic nitrogens is 1. The van der Waals surface area contributed by atoms with Gasteiger partial charge in [0.15, 0.2) is 5.58 Å². The molecule has 2 aromatic rings. The van der Waals surface area contributed by atoms with Gasteiger partial charge in [0, 0.05) is 0 Å². The monoisotopic (exact) mass is 269 g/mol. The van der Waals surface area contributed by atoms with Crippen molar-refractivity contribution in [3.05, 3.63) is 34.3 Å². The topological polar surface area (TPSA) is 55.2 Å². The molecular weight excluding hydrogens is 262 g/mol. The molecule has 0 unspecified atom stereocenters. The van der Waals surface area contributed by atoms with Gasteiger partial charge >= 0.3 is 5.76 Å². The van der Waals surface area contributed by atoms with Crippen molar-refractivity contribution in [2.75, 3.05) is 13.2 Å². The van der Waals surface area contributed by atoms with E-state index in [9.17, 15) is 4.79 Å². The molecule has 5 heteroatoms. The first-order valence-electron chi connectivity index (χ1n) is 4.57. The van der Waals surface area contributed by atoms with E-state index in [4.69, 9.17) is 9.15 Å². The van der Waals surface area contributed by atoms with Crippen molar-refractivity contribution in [1.29, 1.82) is 0 Å². The average molecular weight is 270 g/mol. The summed E-state index contributed by atoms with van der Waals surface area (Å²) in [6, 6.07) is 5.65. The third kappa shape index (κ3) is 1.34. The van der Waals surface area contributed by atoms with Gasteiger partial charge in [0.1, 0.15) is 0 Å². The summed E-state index contributed by atoms with van der Waals surface area (Å²) in [6.45, 7) is 1.31. The molecular formula is C10H8BrNO3. The molecule has 1 aromatic heterocycles. The lowest BCUT2D eigenvalue weighted by molar-refractivity contribution is -0.00693. The quantitative estimate of drug-likeness (QED) is 0.803. The highest BCUT2D eigenvalue weighted by Gasteiger charge is 2.37. The lowest BCUT2D eigenvalue weighted by Gasteiger charge is -2.36. The van der Waals surface area contributed by atoms with E-state index in [1.54, 1.807) is 6.07 Å². The SMILES string of the molecule is O=c1[nH]c2cc(C3(Br)COC3)ccc2o1. The Morgan fingerprint density at radius 2 is 2.20 bits per heavy atom. The van der Waals surface area contributed by atoms with Crippen LogP contribution in [0.4, 0.5) is 0 Å². The Morgan fingerprint density at radius 3 is 2.87 bits per heavy atom. The van der Waals surface area contributed by atoms with Crippen LogP contribution in [0, 0.1) is 0 Å². The minimum absolute atomic E-state index is 0.102. The molecule has 0 amide bonds. The fraction of sp³-hybridized carbons (Fsp3) is 0.300. The van der Waals surface area contributed by atoms with Crippen LogP contribution in [0.5, 0.6) is 0 Å². The number of hydrogen-bond acceptors (Lipinski definition) is 3. The maximum absolute atomic E-state index is 11.0. The summed E-state index contributed by atoms with van der Waals surface area (Å²) in [5.74, 6) is -0.421. The van der Waals surface area contributed by atoms with Gasteiger partial charge < -0.3 is 9.15 Å². The molecule has 15 heavy (non-hydrogen) atoms. The van der Waals surface area contributed by atoms with Crippen molar-refractivity contribution in [3.8, 4) is 0 Å². The minimum atomic E-state index is -0.421. The molecule has 78 valence electrons. The summed E-state index contributed by atoms with van der Waals surface area (Å²) in [4.78, 5) is 13.6. The summed E-state index contributed by atoms with van der Waals surface area (Å²) >= 11 is 3.62. The van der Waals surface area contributed by atoms with E-state index in [2.05, 4.69) is 20.9 Å². The Balaban J connectivity index is 2.17. The van der Waals surface area contributed by atoms with Gasteiger partial charge in [0.2, 0.25) is 0 Å². The molecule has 0 spiro atoms. The number of aromatic amines is 1. The standard InChI is InChI=1S/C10H8BrNO3/c11-10(4-14-5-10)6-1-2-8-7(3-6)12-9(13)15-8/h1-3H,4-5H2,(H,12,13). The number of nitrogens with one attached hydrogen (secondary N) is 1. The van der Waals surface area contributed by atoms with E-state index in [-0.39, 0.29) is 4.32 Å². The third-order valence-corrected chi connectivity index (χ3v) is 3.51. The first kappa shape index (κ1) is 9.18. The van der Waals surface area contributed by atoms with Crippen molar-refractivity contribution >= 4 is 27.0 Å². The second kappa shape index (κ2) is 2.96. The van der Waals surface area contributed by atoms with Crippen LogP contribution in [0.1, 0.15) is 5.56 Å². The van der Waals surface area contributed by atoms with Gasteiger partial charge in [-0.05, 0) is 17.7 Å². The first-order valence-corrected chi connectivity index (χ1v) is 5.37. The summed E-state index contributed by atoms with van der Waals surface area (Å²) in [5.41, 5.74) is 2.40. The maximum Gasteiger partial charge on any atom is 0.417 e. The Morgan fingerprint density at radius 1 is 1.40 bits per heavy atom. The molecule has 3 rings (SSSR count). The van der Waals surface area contributed by atoms with Crippen LogP contribution >= 0.6 is 15.9 Å². The second-order valence-electron chi connectivity index (χ2n) is 3.68. The van der Waals surface area contributed by atoms with Crippen LogP contribution in [0.25, 0.3) is 11.1 Å². The fourth-order valence-electron chi connectivity index (χ4n) is 1.68. The van der Waals surface area contributed by atoms with Gasteiger partial charge in [-0.25, -0.2) is 4.79 Å². The molecule has 0 aliphatic carbocycles. The molecule has 4 nitrogen and oxygen atoms in total. The van der Waals surface area contributed by atoms with Crippen LogP contribution in [-0.2, 0) is 9.06 Å². The number of H-pyrrole nitrogens is 1. The number of hydrogen-bond donors (Lipinski definition) is 1. The Bertz CT molecular complexity index is 567. The minimum Gasteiger partial charge on any atom is -0.408 e. The number of benzene rings is 1. The molecule has 1 aliphatic heterocycles. The largest absolute Gasteiger partial charge is 0.417 e. The van der Waals surface area contributed by atoms with Gasteiger partial charge in [0.05, 0.1) is 23.1 Å². The molecule has 0 saturated carbocycles. The summed E-state index contributed by atoms with van der Waals surface area (Å²) in [6.07, 6.45) is 0. The summed E-state index contributed by atoms with van der Waals surface area (Å²) in [5, 5.41) is 0. The van der Waals surface area contributed by atoms with Gasteiger partial charge in [0.25, 0.3) is 0 Å². The van der Waals surface area contributed by atoms with Crippen LogP contribution in [-0.4, -0.2) is 18.2 Å². The molecule has 1 aromatic carbocycles.